The highest BCUT2D eigenvalue weighted by Crippen LogP contribution is 2.32. The Hall–Kier alpha value is -3.84. The molecular formula is C34H37N. The molecular weight excluding hydrogens is 422 g/mol. The normalized spacial score (nSPS) is 13.7. The zero-order chi connectivity index (χ0) is 25.2. The third-order valence-electron chi connectivity index (χ3n) is 6.18. The Labute approximate surface area is 211 Å². The molecule has 35 heavy (non-hydrogen) atoms. The van der Waals surface area contributed by atoms with Crippen LogP contribution in [-0.2, 0) is 6.42 Å². The van der Waals surface area contributed by atoms with E-state index in [4.69, 9.17) is 0 Å². The van der Waals surface area contributed by atoms with E-state index in [1.54, 1.807) is 0 Å². The summed E-state index contributed by atoms with van der Waals surface area (Å²) in [5.41, 5.74) is 9.97. The first kappa shape index (κ1) is 25.8. The summed E-state index contributed by atoms with van der Waals surface area (Å²) in [5.74, 6) is 0. The van der Waals surface area contributed by atoms with Gasteiger partial charge in [0.1, 0.15) is 0 Å². The molecule has 0 saturated heterocycles. The van der Waals surface area contributed by atoms with Crippen molar-refractivity contribution in [2.45, 2.75) is 41.0 Å². The van der Waals surface area contributed by atoms with E-state index in [0.29, 0.717) is 0 Å². The maximum atomic E-state index is 3.86. The molecule has 3 aromatic rings. The van der Waals surface area contributed by atoms with Crippen LogP contribution in [0.5, 0.6) is 0 Å². The molecule has 1 nitrogen and oxygen atoms in total. The molecule has 1 aromatic heterocycles. The number of aromatic nitrogens is 1. The maximum absolute atomic E-state index is 3.86. The Balaban J connectivity index is 2.19. The van der Waals surface area contributed by atoms with Crippen molar-refractivity contribution in [3.8, 4) is 0 Å². The summed E-state index contributed by atoms with van der Waals surface area (Å²) in [6.45, 7) is 14.5. The molecule has 1 heteroatoms. The van der Waals surface area contributed by atoms with Crippen molar-refractivity contribution in [1.29, 1.82) is 0 Å². The number of aryl methyl sites for hydroxylation is 1. The molecule has 2 aromatic carbocycles. The minimum atomic E-state index is 0.812. The summed E-state index contributed by atoms with van der Waals surface area (Å²) >= 11 is 0. The fourth-order valence-electron chi connectivity index (χ4n) is 4.57. The third kappa shape index (κ3) is 5.81. The van der Waals surface area contributed by atoms with Gasteiger partial charge in [0.2, 0.25) is 0 Å². The lowest BCUT2D eigenvalue weighted by Crippen LogP contribution is -2.01. The van der Waals surface area contributed by atoms with Gasteiger partial charge in [0.15, 0.2) is 0 Å². The number of fused-ring (bicyclic) bond motifs is 1. The highest BCUT2D eigenvalue weighted by Gasteiger charge is 2.16. The molecule has 1 heterocycles. The monoisotopic (exact) mass is 459 g/mol. The van der Waals surface area contributed by atoms with Crippen molar-refractivity contribution in [3.05, 3.63) is 138 Å². The van der Waals surface area contributed by atoms with Crippen molar-refractivity contribution < 1.29 is 0 Å². The molecule has 0 spiro atoms. The molecule has 0 bridgehead atoms. The van der Waals surface area contributed by atoms with Gasteiger partial charge in [0.25, 0.3) is 0 Å². The van der Waals surface area contributed by atoms with Gasteiger partial charge in [-0.25, -0.2) is 0 Å². The van der Waals surface area contributed by atoms with Crippen LogP contribution in [0, 0.1) is 6.92 Å². The number of benzene rings is 2. The highest BCUT2D eigenvalue weighted by atomic mass is 15.0. The van der Waals surface area contributed by atoms with E-state index in [-0.39, 0.29) is 0 Å². The second-order valence-electron chi connectivity index (χ2n) is 8.54. The minimum absolute atomic E-state index is 0.812. The highest BCUT2D eigenvalue weighted by molar-refractivity contribution is 5.94. The number of para-hydroxylation sites is 1. The van der Waals surface area contributed by atoms with Crippen molar-refractivity contribution in [3.63, 3.8) is 0 Å². The summed E-state index contributed by atoms with van der Waals surface area (Å²) in [5, 5.41) is 1.26. The van der Waals surface area contributed by atoms with Crippen LogP contribution in [0.15, 0.2) is 115 Å². The lowest BCUT2D eigenvalue weighted by atomic mass is 9.95. The zero-order valence-corrected chi connectivity index (χ0v) is 21.8. The second-order valence-corrected chi connectivity index (χ2v) is 8.54. The third-order valence-corrected chi connectivity index (χ3v) is 6.18. The fourth-order valence-corrected chi connectivity index (χ4v) is 4.57. The van der Waals surface area contributed by atoms with Crippen molar-refractivity contribution in [2.75, 3.05) is 0 Å². The summed E-state index contributed by atoms with van der Waals surface area (Å²) in [4.78, 5) is 0. The van der Waals surface area contributed by atoms with Crippen LogP contribution in [0.2, 0.25) is 0 Å². The average molecular weight is 460 g/mol. The van der Waals surface area contributed by atoms with E-state index in [9.17, 15) is 0 Å². The van der Waals surface area contributed by atoms with E-state index < -0.39 is 0 Å². The van der Waals surface area contributed by atoms with Crippen LogP contribution < -0.4 is 0 Å². The Morgan fingerprint density at radius 1 is 0.914 bits per heavy atom. The smallest absolute Gasteiger partial charge is 0.0537 e. The van der Waals surface area contributed by atoms with Crippen LogP contribution in [0.4, 0.5) is 0 Å². The van der Waals surface area contributed by atoms with Crippen molar-refractivity contribution in [2.24, 2.45) is 0 Å². The van der Waals surface area contributed by atoms with Gasteiger partial charge in [-0.3, -0.25) is 0 Å². The lowest BCUT2D eigenvalue weighted by molar-refractivity contribution is 1.03. The van der Waals surface area contributed by atoms with Crippen LogP contribution in [-0.4, -0.2) is 4.57 Å². The molecule has 0 N–H and O–H groups in total. The molecule has 0 radical (unpaired) electrons. The first-order chi connectivity index (χ1) is 17.1. The molecule has 0 unspecified atom stereocenters. The van der Waals surface area contributed by atoms with Crippen molar-refractivity contribution >= 4 is 28.2 Å². The first-order valence-corrected chi connectivity index (χ1v) is 12.3. The molecule has 3 rings (SSSR count). The molecule has 0 saturated carbocycles. The number of hydrogen-bond acceptors (Lipinski definition) is 0. The van der Waals surface area contributed by atoms with E-state index in [1.807, 2.05) is 12.2 Å². The topological polar surface area (TPSA) is 4.93 Å². The summed E-state index contributed by atoms with van der Waals surface area (Å²) in [7, 11) is 0. The summed E-state index contributed by atoms with van der Waals surface area (Å²) in [6.07, 6.45) is 22.2. The molecule has 0 aliphatic heterocycles. The Morgan fingerprint density at radius 3 is 2.34 bits per heavy atom. The van der Waals surface area contributed by atoms with Crippen LogP contribution in [0.1, 0.15) is 50.1 Å². The van der Waals surface area contributed by atoms with Gasteiger partial charge >= 0.3 is 0 Å². The van der Waals surface area contributed by atoms with Gasteiger partial charge in [0.05, 0.1) is 5.52 Å². The zero-order valence-electron chi connectivity index (χ0n) is 21.8. The van der Waals surface area contributed by atoms with E-state index in [2.05, 4.69) is 143 Å². The number of hydrogen-bond donors (Lipinski definition) is 0. The Bertz CT molecular complexity index is 1360. The van der Waals surface area contributed by atoms with Crippen LogP contribution in [0.25, 0.3) is 28.2 Å². The predicted molar refractivity (Wildman–Crippen MR) is 157 cm³/mol. The summed E-state index contributed by atoms with van der Waals surface area (Å²) in [6, 6.07) is 17.3. The van der Waals surface area contributed by atoms with Gasteiger partial charge < -0.3 is 4.57 Å². The SMILES string of the molecule is C=C/C=C\C(=C/C)n1c(C\C=C/C(=C(C)\C=C\C)c2ccccc2C)c(/C=C\C)c2ccccc21. The van der Waals surface area contributed by atoms with Gasteiger partial charge in [-0.2, -0.15) is 0 Å². The Morgan fingerprint density at radius 2 is 1.66 bits per heavy atom. The average Bonchev–Trinajstić information content (AvgIpc) is 3.17. The largest absolute Gasteiger partial charge is 0.313 e. The van der Waals surface area contributed by atoms with Gasteiger partial charge in [-0.05, 0) is 69.0 Å². The molecule has 0 aliphatic rings. The molecule has 0 fully saturated rings. The molecule has 0 atom stereocenters. The number of nitrogens with zero attached hydrogens (tertiary/aromatic N) is 1. The van der Waals surface area contributed by atoms with Crippen molar-refractivity contribution in [1.82, 2.24) is 4.57 Å². The number of allylic oxidation sites excluding steroid dienone is 12. The quantitative estimate of drug-likeness (QED) is 0.281. The summed E-state index contributed by atoms with van der Waals surface area (Å²) < 4.78 is 2.38. The number of rotatable bonds is 9. The van der Waals surface area contributed by atoms with Gasteiger partial charge in [-0.15, -0.1) is 0 Å². The van der Waals surface area contributed by atoms with Crippen LogP contribution in [0.3, 0.4) is 0 Å². The molecule has 0 aliphatic carbocycles. The Kier molecular flexibility index (Phi) is 9.26. The first-order valence-electron chi connectivity index (χ1n) is 12.3. The van der Waals surface area contributed by atoms with Gasteiger partial charge in [0, 0.05) is 28.8 Å². The van der Waals surface area contributed by atoms with Crippen LogP contribution >= 0.6 is 0 Å². The predicted octanol–water partition coefficient (Wildman–Crippen LogP) is 9.73. The van der Waals surface area contributed by atoms with Gasteiger partial charge in [-0.1, -0.05) is 104 Å². The van der Waals surface area contributed by atoms with E-state index in [1.165, 1.54) is 44.4 Å². The fraction of sp³-hybridized carbons (Fsp3) is 0.176. The second kappa shape index (κ2) is 12.6. The lowest BCUT2D eigenvalue weighted by Gasteiger charge is -2.13. The minimum Gasteiger partial charge on any atom is -0.313 e. The molecule has 178 valence electrons. The maximum Gasteiger partial charge on any atom is 0.0537 e. The van der Waals surface area contributed by atoms with E-state index >= 15 is 0 Å². The standard InChI is InChI=1S/C34H37N/c1-7-11-20-28(10-4)35-33-24-15-14-22-32(33)31(18-9-3)34(35)25-16-23-30(26(5)17-8-2)29-21-13-12-19-27(29)6/h7-24H,1,25H2,2-6H3/b17-8+,18-9-,20-11-,23-16-,28-10+,30-26+. The molecule has 0 amide bonds. The van der Waals surface area contributed by atoms with E-state index in [0.717, 1.165) is 12.1 Å².